The average Bonchev–Trinajstić information content (AvgIpc) is 2.78. The molecule has 3 heterocycles. The monoisotopic (exact) mass is 423 g/mol. The summed E-state index contributed by atoms with van der Waals surface area (Å²) in [6, 6.07) is 12.3. The van der Waals surface area contributed by atoms with Crippen molar-refractivity contribution < 1.29 is 14.3 Å². The maximum absolute atomic E-state index is 13.2. The molecule has 0 radical (unpaired) electrons. The number of ether oxygens (including phenoxy) is 2. The Labute approximate surface area is 185 Å². The zero-order chi connectivity index (χ0) is 21.9. The third-order valence-electron chi connectivity index (χ3n) is 6.70. The van der Waals surface area contributed by atoms with Gasteiger partial charge in [0.05, 0.1) is 12.6 Å². The van der Waals surface area contributed by atoms with Crippen LogP contribution < -0.4 is 10.1 Å². The number of nitrogens with zero attached hydrogens (tertiary/aromatic N) is 2. The van der Waals surface area contributed by atoms with Gasteiger partial charge in [0.25, 0.3) is 0 Å². The van der Waals surface area contributed by atoms with Gasteiger partial charge < -0.3 is 19.7 Å². The van der Waals surface area contributed by atoms with Crippen molar-refractivity contribution in [2.24, 2.45) is 5.41 Å². The SMILES string of the molecule is CCOc1ccc(C2(CNC(=O)N3CC(C)(C)C3c3cccnc3)CCOCC2)cc1. The van der Waals surface area contributed by atoms with Crippen molar-refractivity contribution in [2.45, 2.75) is 45.1 Å². The van der Waals surface area contributed by atoms with Crippen LogP contribution in [0.3, 0.4) is 0 Å². The summed E-state index contributed by atoms with van der Waals surface area (Å²) in [5, 5.41) is 3.25. The molecule has 1 unspecified atom stereocenters. The van der Waals surface area contributed by atoms with Gasteiger partial charge in [0.15, 0.2) is 0 Å². The lowest BCUT2D eigenvalue weighted by Crippen LogP contribution is -2.61. The van der Waals surface area contributed by atoms with Crippen molar-refractivity contribution >= 4 is 6.03 Å². The molecule has 166 valence electrons. The van der Waals surface area contributed by atoms with Crippen molar-refractivity contribution in [3.8, 4) is 5.75 Å². The molecule has 0 aliphatic carbocycles. The number of amides is 2. The summed E-state index contributed by atoms with van der Waals surface area (Å²) < 4.78 is 11.2. The molecule has 2 aromatic rings. The van der Waals surface area contributed by atoms with Crippen LogP contribution >= 0.6 is 0 Å². The number of pyridine rings is 1. The van der Waals surface area contributed by atoms with Crippen molar-refractivity contribution in [2.75, 3.05) is 32.9 Å². The molecule has 0 saturated carbocycles. The average molecular weight is 424 g/mol. The van der Waals surface area contributed by atoms with Gasteiger partial charge in [-0.25, -0.2) is 4.79 Å². The lowest BCUT2D eigenvalue weighted by Gasteiger charge is -2.54. The lowest BCUT2D eigenvalue weighted by atomic mass is 9.72. The summed E-state index contributed by atoms with van der Waals surface area (Å²) in [7, 11) is 0. The van der Waals surface area contributed by atoms with E-state index in [0.29, 0.717) is 26.4 Å². The van der Waals surface area contributed by atoms with E-state index in [4.69, 9.17) is 9.47 Å². The van der Waals surface area contributed by atoms with Crippen molar-refractivity contribution in [1.82, 2.24) is 15.2 Å². The molecule has 0 spiro atoms. The van der Waals surface area contributed by atoms with Gasteiger partial charge in [0.1, 0.15) is 5.75 Å². The van der Waals surface area contributed by atoms with E-state index in [-0.39, 0.29) is 22.9 Å². The van der Waals surface area contributed by atoms with E-state index in [2.05, 4.69) is 42.3 Å². The zero-order valence-corrected chi connectivity index (χ0v) is 18.8. The van der Waals surface area contributed by atoms with Crippen LogP contribution in [0.2, 0.25) is 0 Å². The first-order chi connectivity index (χ1) is 15.0. The molecule has 2 aliphatic rings. The molecule has 31 heavy (non-hydrogen) atoms. The van der Waals surface area contributed by atoms with Gasteiger partial charge in [-0.15, -0.1) is 0 Å². The number of likely N-dealkylation sites (tertiary alicyclic amines) is 1. The Kier molecular flexibility index (Phi) is 6.19. The molecule has 6 nitrogen and oxygen atoms in total. The first-order valence-electron chi connectivity index (χ1n) is 11.2. The lowest BCUT2D eigenvalue weighted by molar-refractivity contribution is -0.0180. The first-order valence-corrected chi connectivity index (χ1v) is 11.2. The summed E-state index contributed by atoms with van der Waals surface area (Å²) in [5.41, 5.74) is 2.22. The minimum Gasteiger partial charge on any atom is -0.494 e. The van der Waals surface area contributed by atoms with Gasteiger partial charge in [-0.05, 0) is 49.1 Å². The second-order valence-electron chi connectivity index (χ2n) is 9.31. The molecule has 4 rings (SSSR count). The van der Waals surface area contributed by atoms with Gasteiger partial charge in [0, 0.05) is 49.5 Å². The molecule has 1 aromatic heterocycles. The fourth-order valence-corrected chi connectivity index (χ4v) is 5.03. The van der Waals surface area contributed by atoms with Gasteiger partial charge in [-0.3, -0.25) is 4.98 Å². The second kappa shape index (κ2) is 8.87. The number of aromatic nitrogens is 1. The van der Waals surface area contributed by atoms with Crippen LogP contribution in [0.1, 0.15) is 50.8 Å². The molecule has 2 aliphatic heterocycles. The number of nitrogens with one attached hydrogen (secondary N) is 1. The number of carbonyl (C=O) groups excluding carboxylic acids is 1. The number of urea groups is 1. The van der Waals surface area contributed by atoms with E-state index in [1.807, 2.05) is 36.2 Å². The van der Waals surface area contributed by atoms with Crippen LogP contribution in [0.5, 0.6) is 5.75 Å². The molecule has 0 bridgehead atoms. The van der Waals surface area contributed by atoms with E-state index < -0.39 is 0 Å². The molecule has 2 saturated heterocycles. The standard InChI is InChI=1S/C25H33N3O3/c1-4-31-21-9-7-20(8-10-21)25(11-14-30-15-12-25)17-27-23(29)28-18-24(2,3)22(28)19-6-5-13-26-16-19/h5-10,13,16,22H,4,11-12,14-15,17-18H2,1-3H3,(H,27,29). The minimum absolute atomic E-state index is 0.00928. The molecule has 1 atom stereocenters. The highest BCUT2D eigenvalue weighted by Crippen LogP contribution is 2.48. The molecule has 2 fully saturated rings. The van der Waals surface area contributed by atoms with Crippen LogP contribution in [0.15, 0.2) is 48.8 Å². The third kappa shape index (κ3) is 4.40. The minimum atomic E-state index is -0.122. The zero-order valence-electron chi connectivity index (χ0n) is 18.8. The number of rotatable bonds is 6. The fraction of sp³-hybridized carbons (Fsp3) is 0.520. The topological polar surface area (TPSA) is 63.7 Å². The van der Waals surface area contributed by atoms with Crippen molar-refractivity contribution in [1.29, 1.82) is 0 Å². The fourth-order valence-electron chi connectivity index (χ4n) is 5.03. The maximum atomic E-state index is 13.2. The second-order valence-corrected chi connectivity index (χ2v) is 9.31. The Morgan fingerprint density at radius 3 is 2.58 bits per heavy atom. The summed E-state index contributed by atoms with van der Waals surface area (Å²) >= 11 is 0. The highest BCUT2D eigenvalue weighted by Gasteiger charge is 2.49. The van der Waals surface area contributed by atoms with Crippen LogP contribution in [0.25, 0.3) is 0 Å². The van der Waals surface area contributed by atoms with Crippen LogP contribution in [0.4, 0.5) is 4.79 Å². The smallest absolute Gasteiger partial charge is 0.317 e. The van der Waals surface area contributed by atoms with E-state index in [9.17, 15) is 4.79 Å². The van der Waals surface area contributed by atoms with E-state index >= 15 is 0 Å². The highest BCUT2D eigenvalue weighted by atomic mass is 16.5. The molecule has 2 amide bonds. The van der Waals surface area contributed by atoms with E-state index in [0.717, 1.165) is 30.7 Å². The quantitative estimate of drug-likeness (QED) is 0.752. The Balaban J connectivity index is 1.48. The number of hydrogen-bond acceptors (Lipinski definition) is 4. The van der Waals surface area contributed by atoms with Crippen LogP contribution in [0, 0.1) is 5.41 Å². The van der Waals surface area contributed by atoms with Crippen LogP contribution in [-0.2, 0) is 10.2 Å². The molecular weight excluding hydrogens is 390 g/mol. The number of hydrogen-bond donors (Lipinski definition) is 1. The van der Waals surface area contributed by atoms with E-state index in [1.54, 1.807) is 6.20 Å². The number of carbonyl (C=O) groups is 1. The van der Waals surface area contributed by atoms with Gasteiger partial charge in [-0.1, -0.05) is 32.0 Å². The molecule has 1 N–H and O–H groups in total. The molecule has 6 heteroatoms. The Bertz CT molecular complexity index is 877. The highest BCUT2D eigenvalue weighted by molar-refractivity contribution is 5.76. The summed E-state index contributed by atoms with van der Waals surface area (Å²) in [5.74, 6) is 0.875. The van der Waals surface area contributed by atoms with Crippen LogP contribution in [-0.4, -0.2) is 48.8 Å². The number of benzene rings is 1. The maximum Gasteiger partial charge on any atom is 0.317 e. The van der Waals surface area contributed by atoms with Crippen molar-refractivity contribution in [3.05, 3.63) is 59.9 Å². The van der Waals surface area contributed by atoms with Gasteiger partial charge in [-0.2, -0.15) is 0 Å². The molecule has 1 aromatic carbocycles. The summed E-state index contributed by atoms with van der Waals surface area (Å²) in [4.78, 5) is 19.4. The van der Waals surface area contributed by atoms with E-state index in [1.165, 1.54) is 5.56 Å². The first kappa shape index (κ1) is 21.6. The summed E-state index contributed by atoms with van der Waals surface area (Å²) in [6.07, 6.45) is 5.41. The van der Waals surface area contributed by atoms with Gasteiger partial charge in [0.2, 0.25) is 0 Å². The van der Waals surface area contributed by atoms with Crippen molar-refractivity contribution in [3.63, 3.8) is 0 Å². The third-order valence-corrected chi connectivity index (χ3v) is 6.70. The largest absolute Gasteiger partial charge is 0.494 e. The Morgan fingerprint density at radius 1 is 1.23 bits per heavy atom. The predicted molar refractivity (Wildman–Crippen MR) is 120 cm³/mol. The Hall–Kier alpha value is -2.60. The predicted octanol–water partition coefficient (Wildman–Crippen LogP) is 4.32. The summed E-state index contributed by atoms with van der Waals surface area (Å²) in [6.45, 7) is 9.79. The normalized spacial score (nSPS) is 21.8. The Morgan fingerprint density at radius 2 is 1.97 bits per heavy atom. The van der Waals surface area contributed by atoms with Gasteiger partial charge >= 0.3 is 6.03 Å². The molecular formula is C25H33N3O3.